The SMILES string of the molecule is CN1c2ccccc2Oc2nnc(N3CCN(c4ccc(F)cc4)CC3)cc21. The van der Waals surface area contributed by atoms with Crippen LogP contribution in [0.4, 0.5) is 27.3 Å². The highest BCUT2D eigenvalue weighted by molar-refractivity contribution is 5.77. The summed E-state index contributed by atoms with van der Waals surface area (Å²) in [6.07, 6.45) is 0. The van der Waals surface area contributed by atoms with Gasteiger partial charge in [-0.1, -0.05) is 12.1 Å². The Morgan fingerprint density at radius 2 is 1.57 bits per heavy atom. The molecule has 0 N–H and O–H groups in total. The highest BCUT2D eigenvalue weighted by Crippen LogP contribution is 2.44. The Morgan fingerprint density at radius 1 is 0.857 bits per heavy atom. The first-order chi connectivity index (χ1) is 13.7. The Morgan fingerprint density at radius 3 is 2.36 bits per heavy atom. The fourth-order valence-electron chi connectivity index (χ4n) is 3.73. The van der Waals surface area contributed by atoms with Crippen molar-refractivity contribution in [2.45, 2.75) is 0 Å². The first-order valence-corrected chi connectivity index (χ1v) is 9.33. The Bertz CT molecular complexity index is 1000. The lowest BCUT2D eigenvalue weighted by Gasteiger charge is -2.37. The van der Waals surface area contributed by atoms with E-state index < -0.39 is 0 Å². The monoisotopic (exact) mass is 377 g/mol. The zero-order chi connectivity index (χ0) is 19.1. The van der Waals surface area contributed by atoms with Gasteiger partial charge in [0, 0.05) is 45.0 Å². The van der Waals surface area contributed by atoms with Crippen LogP contribution in [-0.2, 0) is 0 Å². The van der Waals surface area contributed by atoms with E-state index in [2.05, 4.69) is 24.9 Å². The summed E-state index contributed by atoms with van der Waals surface area (Å²) in [5.41, 5.74) is 2.96. The van der Waals surface area contributed by atoms with Gasteiger partial charge in [0.1, 0.15) is 11.5 Å². The van der Waals surface area contributed by atoms with Gasteiger partial charge in [-0.25, -0.2) is 4.39 Å². The number of halogens is 1. The van der Waals surface area contributed by atoms with Crippen molar-refractivity contribution in [3.8, 4) is 11.6 Å². The lowest BCUT2D eigenvalue weighted by atomic mass is 10.2. The van der Waals surface area contributed by atoms with Gasteiger partial charge in [0.2, 0.25) is 0 Å². The molecule has 0 amide bonds. The summed E-state index contributed by atoms with van der Waals surface area (Å²) in [5.74, 6) is 1.94. The second-order valence-corrected chi connectivity index (χ2v) is 6.97. The molecule has 28 heavy (non-hydrogen) atoms. The molecular formula is C21H20FN5O. The third-order valence-corrected chi connectivity index (χ3v) is 5.32. The van der Waals surface area contributed by atoms with Gasteiger partial charge in [0.05, 0.1) is 5.69 Å². The molecule has 2 aromatic carbocycles. The number of ether oxygens (including phenoxy) is 1. The van der Waals surface area contributed by atoms with Gasteiger partial charge in [-0.15, -0.1) is 10.2 Å². The van der Waals surface area contributed by atoms with E-state index >= 15 is 0 Å². The number of nitrogens with zero attached hydrogens (tertiary/aromatic N) is 5. The molecule has 0 bridgehead atoms. The molecule has 1 saturated heterocycles. The normalized spacial score (nSPS) is 15.7. The van der Waals surface area contributed by atoms with Crippen LogP contribution in [0.5, 0.6) is 11.6 Å². The molecule has 7 heteroatoms. The largest absolute Gasteiger partial charge is 0.434 e. The van der Waals surface area contributed by atoms with Gasteiger partial charge >= 0.3 is 0 Å². The highest BCUT2D eigenvalue weighted by Gasteiger charge is 2.26. The number of hydrogen-bond donors (Lipinski definition) is 0. The quantitative estimate of drug-likeness (QED) is 0.677. The predicted molar refractivity (Wildman–Crippen MR) is 107 cm³/mol. The van der Waals surface area contributed by atoms with E-state index in [1.807, 2.05) is 49.5 Å². The van der Waals surface area contributed by atoms with Crippen molar-refractivity contribution in [3.05, 3.63) is 60.4 Å². The van der Waals surface area contributed by atoms with Crippen molar-refractivity contribution in [2.75, 3.05) is 47.9 Å². The van der Waals surface area contributed by atoms with Crippen LogP contribution in [0.3, 0.4) is 0 Å². The number of aromatic nitrogens is 2. The second kappa shape index (κ2) is 6.67. The van der Waals surface area contributed by atoms with Crippen molar-refractivity contribution >= 4 is 22.9 Å². The van der Waals surface area contributed by atoms with Gasteiger partial charge in [0.15, 0.2) is 11.6 Å². The first kappa shape index (κ1) is 16.8. The number of para-hydroxylation sites is 2. The molecule has 3 heterocycles. The maximum Gasteiger partial charge on any atom is 0.263 e. The maximum atomic E-state index is 13.1. The molecule has 2 aliphatic heterocycles. The number of benzene rings is 2. The predicted octanol–water partition coefficient (Wildman–Crippen LogP) is 3.82. The number of piperazine rings is 1. The fourth-order valence-corrected chi connectivity index (χ4v) is 3.73. The van der Waals surface area contributed by atoms with Crippen LogP contribution in [0.25, 0.3) is 0 Å². The highest BCUT2D eigenvalue weighted by atomic mass is 19.1. The lowest BCUT2D eigenvalue weighted by Crippen LogP contribution is -2.47. The molecular weight excluding hydrogens is 357 g/mol. The zero-order valence-electron chi connectivity index (χ0n) is 15.5. The molecule has 5 rings (SSSR count). The molecule has 3 aromatic rings. The molecule has 142 valence electrons. The summed E-state index contributed by atoms with van der Waals surface area (Å²) in [4.78, 5) is 6.57. The molecule has 0 atom stereocenters. The van der Waals surface area contributed by atoms with Crippen LogP contribution in [-0.4, -0.2) is 43.4 Å². The minimum Gasteiger partial charge on any atom is -0.434 e. The summed E-state index contributed by atoms with van der Waals surface area (Å²) in [6.45, 7) is 3.34. The smallest absolute Gasteiger partial charge is 0.263 e. The van der Waals surface area contributed by atoms with Gasteiger partial charge in [-0.3, -0.25) is 0 Å². The molecule has 0 saturated carbocycles. The third kappa shape index (κ3) is 2.89. The summed E-state index contributed by atoms with van der Waals surface area (Å²) >= 11 is 0. The standard InChI is InChI=1S/C21H20FN5O/c1-25-17-4-2-3-5-19(17)28-21-18(25)14-20(23-24-21)27-12-10-26(11-13-27)16-8-6-15(22)7-9-16/h2-9,14H,10-13H2,1H3. The Labute approximate surface area is 162 Å². The molecule has 0 spiro atoms. The molecule has 0 radical (unpaired) electrons. The zero-order valence-corrected chi connectivity index (χ0v) is 15.5. The molecule has 1 aromatic heterocycles. The second-order valence-electron chi connectivity index (χ2n) is 6.97. The summed E-state index contributed by atoms with van der Waals surface area (Å²) in [5, 5.41) is 8.71. The van der Waals surface area contributed by atoms with E-state index in [4.69, 9.17) is 4.74 Å². The van der Waals surface area contributed by atoms with E-state index in [-0.39, 0.29) is 5.82 Å². The Kier molecular flexibility index (Phi) is 4.00. The Hall–Kier alpha value is -3.35. The van der Waals surface area contributed by atoms with E-state index in [9.17, 15) is 4.39 Å². The van der Waals surface area contributed by atoms with Crippen molar-refractivity contribution in [3.63, 3.8) is 0 Å². The molecule has 0 unspecified atom stereocenters. The summed E-state index contributed by atoms with van der Waals surface area (Å²) in [7, 11) is 2.01. The Balaban J connectivity index is 1.34. The first-order valence-electron chi connectivity index (χ1n) is 9.33. The number of rotatable bonds is 2. The molecule has 0 aliphatic carbocycles. The average Bonchev–Trinajstić information content (AvgIpc) is 2.75. The summed E-state index contributed by atoms with van der Waals surface area (Å²) < 4.78 is 19.0. The van der Waals surface area contributed by atoms with Gasteiger partial charge in [-0.2, -0.15) is 0 Å². The van der Waals surface area contributed by atoms with Gasteiger partial charge in [0.25, 0.3) is 5.88 Å². The third-order valence-electron chi connectivity index (χ3n) is 5.32. The van der Waals surface area contributed by atoms with Crippen LogP contribution >= 0.6 is 0 Å². The van der Waals surface area contributed by atoms with Crippen LogP contribution in [0.2, 0.25) is 0 Å². The number of hydrogen-bond acceptors (Lipinski definition) is 6. The van der Waals surface area contributed by atoms with Crippen LogP contribution < -0.4 is 19.4 Å². The van der Waals surface area contributed by atoms with E-state index in [1.165, 1.54) is 12.1 Å². The topological polar surface area (TPSA) is 44.7 Å². The van der Waals surface area contributed by atoms with Crippen LogP contribution in [0.1, 0.15) is 0 Å². The van der Waals surface area contributed by atoms with E-state index in [0.29, 0.717) is 5.88 Å². The molecule has 1 fully saturated rings. The average molecular weight is 377 g/mol. The van der Waals surface area contributed by atoms with E-state index in [0.717, 1.165) is 54.8 Å². The van der Waals surface area contributed by atoms with Gasteiger partial charge in [-0.05, 0) is 36.4 Å². The minimum atomic E-state index is -0.209. The van der Waals surface area contributed by atoms with Crippen molar-refractivity contribution < 1.29 is 9.13 Å². The van der Waals surface area contributed by atoms with Crippen molar-refractivity contribution in [2.24, 2.45) is 0 Å². The molecule has 6 nitrogen and oxygen atoms in total. The lowest BCUT2D eigenvalue weighted by molar-refractivity contribution is 0.448. The fraction of sp³-hybridized carbons (Fsp3) is 0.238. The molecule has 2 aliphatic rings. The van der Waals surface area contributed by atoms with Crippen LogP contribution in [0, 0.1) is 5.82 Å². The van der Waals surface area contributed by atoms with E-state index in [1.54, 1.807) is 0 Å². The van der Waals surface area contributed by atoms with Crippen molar-refractivity contribution in [1.82, 2.24) is 10.2 Å². The van der Waals surface area contributed by atoms with Crippen molar-refractivity contribution in [1.29, 1.82) is 0 Å². The van der Waals surface area contributed by atoms with Gasteiger partial charge < -0.3 is 19.4 Å². The summed E-state index contributed by atoms with van der Waals surface area (Å²) in [6, 6.07) is 16.6. The minimum absolute atomic E-state index is 0.209. The van der Waals surface area contributed by atoms with Crippen LogP contribution in [0.15, 0.2) is 54.6 Å². The number of fused-ring (bicyclic) bond motifs is 2. The number of anilines is 4. The maximum absolute atomic E-state index is 13.1.